The van der Waals surface area contributed by atoms with E-state index < -0.39 is 0 Å². The van der Waals surface area contributed by atoms with Gasteiger partial charge in [-0.3, -0.25) is 4.79 Å². The normalized spacial score (nSPS) is 19.9. The van der Waals surface area contributed by atoms with Gasteiger partial charge in [0.25, 0.3) is 5.91 Å². The van der Waals surface area contributed by atoms with E-state index in [2.05, 4.69) is 5.32 Å². The number of hydrogen-bond acceptors (Lipinski definition) is 2. The number of nitrogens with zero attached hydrogens (tertiary/aromatic N) is 1. The number of nitrogens with one attached hydrogen (secondary N) is 1. The summed E-state index contributed by atoms with van der Waals surface area (Å²) in [7, 11) is 0. The first-order valence-corrected chi connectivity index (χ1v) is 6.43. The van der Waals surface area contributed by atoms with Crippen molar-refractivity contribution in [2.24, 2.45) is 0 Å². The van der Waals surface area contributed by atoms with Gasteiger partial charge in [-0.15, -0.1) is 0 Å². The molecule has 0 aromatic heterocycles. The summed E-state index contributed by atoms with van der Waals surface area (Å²) in [5.41, 5.74) is 3.77. The zero-order valence-electron chi connectivity index (χ0n) is 10.6. The second-order valence-corrected chi connectivity index (χ2v) is 4.91. The summed E-state index contributed by atoms with van der Waals surface area (Å²) in [6.07, 6.45) is 0.434. The Morgan fingerprint density at radius 2 is 1.80 bits per heavy atom. The molecule has 4 heteroatoms. The summed E-state index contributed by atoms with van der Waals surface area (Å²) in [6.45, 7) is 0. The second-order valence-electron chi connectivity index (χ2n) is 4.91. The van der Waals surface area contributed by atoms with Gasteiger partial charge in [-0.05, 0) is 17.7 Å². The van der Waals surface area contributed by atoms with E-state index in [1.165, 1.54) is 0 Å². The number of carbonyl (C=O) groups excluding carboxylic acids is 1. The fourth-order valence-electron chi connectivity index (χ4n) is 2.84. The van der Waals surface area contributed by atoms with E-state index in [-0.39, 0.29) is 5.91 Å². The third-order valence-electron chi connectivity index (χ3n) is 3.76. The number of benzene rings is 2. The maximum absolute atomic E-state index is 14.5. The smallest absolute Gasteiger partial charge is 0.258 e. The molecule has 2 heterocycles. The van der Waals surface area contributed by atoms with E-state index >= 15 is 0 Å². The molecule has 2 aliphatic rings. The molecular formula is C16H11FN2O. The van der Waals surface area contributed by atoms with Crippen LogP contribution in [0, 0.1) is 0 Å². The maximum Gasteiger partial charge on any atom is 0.258 e. The average molecular weight is 266 g/mol. The molecule has 0 saturated carbocycles. The van der Waals surface area contributed by atoms with E-state index in [4.69, 9.17) is 0 Å². The Bertz CT molecular complexity index is 767. The minimum atomic E-state index is -0.239. The van der Waals surface area contributed by atoms with Crippen LogP contribution < -0.4 is 10.4 Å². The van der Waals surface area contributed by atoms with Crippen LogP contribution in [0.3, 0.4) is 0 Å². The van der Waals surface area contributed by atoms with E-state index in [0.717, 1.165) is 16.8 Å². The number of amides is 1. The molecule has 3 nitrogen and oxygen atoms in total. The molecule has 0 spiro atoms. The number of hydrogen-bond donors (Lipinski definition) is 1. The van der Waals surface area contributed by atoms with Crippen molar-refractivity contribution in [1.82, 2.24) is 0 Å². The summed E-state index contributed by atoms with van der Waals surface area (Å²) in [6, 6.07) is 14.6. The van der Waals surface area contributed by atoms with Crippen molar-refractivity contribution in [3.05, 3.63) is 65.4 Å². The Kier molecular flexibility index (Phi) is 2.21. The van der Waals surface area contributed by atoms with Crippen molar-refractivity contribution < 1.29 is 9.28 Å². The fraction of sp³-hybridized carbons (Fsp3) is 0.0625. The summed E-state index contributed by atoms with van der Waals surface area (Å²) in [5, 5.41) is 3.41. The number of allylic oxidation sites excluding steroid dienone is 1. The predicted octanol–water partition coefficient (Wildman–Crippen LogP) is 3.30. The van der Waals surface area contributed by atoms with E-state index in [1.807, 2.05) is 36.4 Å². The maximum atomic E-state index is 14.5. The van der Waals surface area contributed by atoms with E-state index in [1.54, 1.807) is 12.1 Å². The number of halogens is 1. The van der Waals surface area contributed by atoms with Crippen molar-refractivity contribution in [1.29, 1.82) is 0 Å². The number of anilines is 2. The second kappa shape index (κ2) is 3.93. The summed E-state index contributed by atoms with van der Waals surface area (Å²) < 4.78 is 14.5. The Morgan fingerprint density at radius 3 is 2.65 bits per heavy atom. The number of carbonyl (C=O) groups is 1. The zero-order chi connectivity index (χ0) is 13.7. The zero-order valence-corrected chi connectivity index (χ0v) is 10.6. The lowest BCUT2D eigenvalue weighted by molar-refractivity contribution is -0.110. The standard InChI is InChI=1S/C16H11FN2O/c17-19-13-8-4-1-5-10(13)9-14(19)15-11-6-2-3-7-12(11)18-16(15)20/h1-8H,9H2,(H,18,20). The Balaban J connectivity index is 1.92. The molecule has 4 rings (SSSR count). The highest BCUT2D eigenvalue weighted by Gasteiger charge is 2.34. The first-order chi connectivity index (χ1) is 9.75. The molecule has 2 aliphatic heterocycles. The lowest BCUT2D eigenvalue weighted by Gasteiger charge is -2.11. The molecule has 20 heavy (non-hydrogen) atoms. The molecule has 0 atom stereocenters. The van der Waals surface area contributed by atoms with Crippen molar-refractivity contribution >= 4 is 22.9 Å². The molecule has 0 fully saturated rings. The third-order valence-corrected chi connectivity index (χ3v) is 3.76. The minimum Gasteiger partial charge on any atom is -0.321 e. The molecule has 1 amide bonds. The van der Waals surface area contributed by atoms with Gasteiger partial charge < -0.3 is 5.32 Å². The highest BCUT2D eigenvalue weighted by Crippen LogP contribution is 2.42. The van der Waals surface area contributed by atoms with Gasteiger partial charge in [0.1, 0.15) is 0 Å². The van der Waals surface area contributed by atoms with Crippen LogP contribution in [0.25, 0.3) is 5.57 Å². The summed E-state index contributed by atoms with van der Waals surface area (Å²) in [4.78, 5) is 12.2. The number of para-hydroxylation sites is 2. The van der Waals surface area contributed by atoms with Crippen LogP contribution in [-0.4, -0.2) is 5.91 Å². The topological polar surface area (TPSA) is 32.3 Å². The lowest BCUT2D eigenvalue weighted by Crippen LogP contribution is -2.13. The molecule has 2 aromatic rings. The van der Waals surface area contributed by atoms with Crippen LogP contribution in [0.4, 0.5) is 15.9 Å². The Morgan fingerprint density at radius 1 is 1.05 bits per heavy atom. The van der Waals surface area contributed by atoms with Crippen LogP contribution in [0.5, 0.6) is 0 Å². The summed E-state index contributed by atoms with van der Waals surface area (Å²) in [5.74, 6) is -0.239. The number of rotatable bonds is 0. The average Bonchev–Trinajstić information content (AvgIpc) is 2.96. The van der Waals surface area contributed by atoms with Gasteiger partial charge in [-0.2, -0.15) is 5.12 Å². The molecule has 0 radical (unpaired) electrons. The molecule has 0 unspecified atom stereocenters. The SMILES string of the molecule is O=C1Nc2ccccc2C1=C1Cc2ccccc2N1F. The van der Waals surface area contributed by atoms with Gasteiger partial charge in [0.2, 0.25) is 0 Å². The lowest BCUT2D eigenvalue weighted by atomic mass is 10.0. The molecule has 0 aliphatic carbocycles. The summed E-state index contributed by atoms with van der Waals surface area (Å²) >= 11 is 0. The van der Waals surface area contributed by atoms with Crippen molar-refractivity contribution in [3.63, 3.8) is 0 Å². The molecule has 98 valence electrons. The van der Waals surface area contributed by atoms with Crippen molar-refractivity contribution in [3.8, 4) is 0 Å². The van der Waals surface area contributed by atoms with E-state index in [0.29, 0.717) is 28.5 Å². The van der Waals surface area contributed by atoms with Crippen molar-refractivity contribution in [2.45, 2.75) is 6.42 Å². The van der Waals surface area contributed by atoms with Gasteiger partial charge in [-0.1, -0.05) is 40.9 Å². The molecule has 2 aromatic carbocycles. The molecule has 1 N–H and O–H groups in total. The quantitative estimate of drug-likeness (QED) is 0.586. The number of fused-ring (bicyclic) bond motifs is 2. The van der Waals surface area contributed by atoms with Gasteiger partial charge in [0, 0.05) is 17.7 Å². The highest BCUT2D eigenvalue weighted by molar-refractivity contribution is 6.32. The minimum absolute atomic E-state index is 0.239. The van der Waals surface area contributed by atoms with Gasteiger partial charge >= 0.3 is 0 Å². The van der Waals surface area contributed by atoms with Crippen LogP contribution in [0.15, 0.2) is 54.2 Å². The third kappa shape index (κ3) is 1.42. The Labute approximate surface area is 115 Å². The molecular weight excluding hydrogens is 255 g/mol. The molecule has 0 bridgehead atoms. The highest BCUT2D eigenvalue weighted by atomic mass is 19.2. The first kappa shape index (κ1) is 11.2. The van der Waals surface area contributed by atoms with E-state index in [9.17, 15) is 9.28 Å². The van der Waals surface area contributed by atoms with Gasteiger partial charge in [0.05, 0.1) is 17.0 Å². The van der Waals surface area contributed by atoms with Gasteiger partial charge in [-0.25, -0.2) is 0 Å². The van der Waals surface area contributed by atoms with Crippen LogP contribution in [0.2, 0.25) is 0 Å². The predicted molar refractivity (Wildman–Crippen MR) is 75.7 cm³/mol. The van der Waals surface area contributed by atoms with Crippen LogP contribution in [0.1, 0.15) is 11.1 Å². The fourth-order valence-corrected chi connectivity index (χ4v) is 2.84. The van der Waals surface area contributed by atoms with Gasteiger partial charge in [0.15, 0.2) is 0 Å². The first-order valence-electron chi connectivity index (χ1n) is 6.43. The monoisotopic (exact) mass is 266 g/mol. The largest absolute Gasteiger partial charge is 0.321 e. The van der Waals surface area contributed by atoms with Crippen LogP contribution >= 0.6 is 0 Å². The Hall–Kier alpha value is -2.62. The van der Waals surface area contributed by atoms with Crippen molar-refractivity contribution in [2.75, 3.05) is 10.4 Å². The van der Waals surface area contributed by atoms with Crippen LogP contribution in [-0.2, 0) is 11.2 Å². The molecule has 0 saturated heterocycles.